The minimum atomic E-state index is -0.0669. The first-order valence-electron chi connectivity index (χ1n) is 7.48. The Labute approximate surface area is 149 Å². The third-order valence-corrected chi connectivity index (χ3v) is 4.84. The highest BCUT2D eigenvalue weighted by molar-refractivity contribution is 8.13. The van der Waals surface area contributed by atoms with Crippen molar-refractivity contribution in [1.29, 1.82) is 0 Å². The van der Waals surface area contributed by atoms with Gasteiger partial charge in [0, 0.05) is 11.6 Å². The van der Waals surface area contributed by atoms with E-state index in [0.717, 1.165) is 22.1 Å². The highest BCUT2D eigenvalue weighted by atomic mass is 35.5. The van der Waals surface area contributed by atoms with E-state index in [4.69, 9.17) is 16.3 Å². The summed E-state index contributed by atoms with van der Waals surface area (Å²) in [4.78, 5) is 17.0. The highest BCUT2D eigenvalue weighted by Crippen LogP contribution is 2.31. The number of amidine groups is 1. The summed E-state index contributed by atoms with van der Waals surface area (Å²) in [7, 11) is 1.58. The lowest BCUT2D eigenvalue weighted by molar-refractivity contribution is 0.415. The van der Waals surface area contributed by atoms with Crippen LogP contribution in [0.3, 0.4) is 0 Å². The van der Waals surface area contributed by atoms with Gasteiger partial charge in [0.15, 0.2) is 5.17 Å². The minimum absolute atomic E-state index is 0.00926. The Bertz CT molecular complexity index is 863. The Kier molecular flexibility index (Phi) is 4.87. The van der Waals surface area contributed by atoms with Gasteiger partial charge in [0.2, 0.25) is 0 Å². The number of thioether (sulfide) groups is 1. The minimum Gasteiger partial charge on any atom is -0.495 e. The van der Waals surface area contributed by atoms with E-state index >= 15 is 0 Å². The van der Waals surface area contributed by atoms with Gasteiger partial charge in [-0.3, -0.25) is 14.4 Å². The van der Waals surface area contributed by atoms with Crippen LogP contribution >= 0.6 is 23.4 Å². The van der Waals surface area contributed by atoms with Crippen molar-refractivity contribution in [3.63, 3.8) is 0 Å². The van der Waals surface area contributed by atoms with E-state index in [1.54, 1.807) is 17.7 Å². The molecule has 0 amide bonds. The van der Waals surface area contributed by atoms with Crippen molar-refractivity contribution in [2.24, 2.45) is 4.99 Å². The van der Waals surface area contributed by atoms with Crippen LogP contribution in [0.1, 0.15) is 24.1 Å². The molecule has 0 saturated carbocycles. The summed E-state index contributed by atoms with van der Waals surface area (Å²) in [6.45, 7) is 2.45. The molecule has 3 rings (SSSR count). The zero-order valence-electron chi connectivity index (χ0n) is 13.7. The van der Waals surface area contributed by atoms with Gasteiger partial charge in [0.05, 0.1) is 24.7 Å². The summed E-state index contributed by atoms with van der Waals surface area (Å²) in [5.41, 5.74) is 1.87. The first kappa shape index (κ1) is 16.9. The van der Waals surface area contributed by atoms with Gasteiger partial charge in [-0.15, -0.1) is 0 Å². The molecule has 1 aliphatic heterocycles. The van der Waals surface area contributed by atoms with E-state index in [-0.39, 0.29) is 11.6 Å². The number of nitrogens with one attached hydrogen (secondary N) is 1. The number of aliphatic imine (C=N–C) groups is 1. The van der Waals surface area contributed by atoms with E-state index in [1.807, 2.05) is 37.4 Å². The number of hydrogen-bond donors (Lipinski definition) is 1. The average molecular weight is 364 g/mol. The molecule has 1 N–H and O–H groups in total. The molecular weight excluding hydrogens is 346 g/mol. The Morgan fingerprint density at radius 3 is 2.83 bits per heavy atom. The molecule has 2 aromatic rings. The number of hydrogen-bond acceptors (Lipinski definition) is 5. The molecule has 2 heterocycles. The molecule has 126 valence electrons. The van der Waals surface area contributed by atoms with Crippen molar-refractivity contribution in [2.75, 3.05) is 18.7 Å². The summed E-state index contributed by atoms with van der Waals surface area (Å²) < 4.78 is 6.89. The van der Waals surface area contributed by atoms with Crippen LogP contribution in [0, 0.1) is 0 Å². The molecule has 0 fully saturated rings. The van der Waals surface area contributed by atoms with E-state index < -0.39 is 0 Å². The summed E-state index contributed by atoms with van der Waals surface area (Å²) in [5.74, 6) is 1.41. The van der Waals surface area contributed by atoms with Crippen molar-refractivity contribution < 1.29 is 4.74 Å². The summed E-state index contributed by atoms with van der Waals surface area (Å²) in [5, 5.41) is 4.60. The molecule has 1 atom stereocenters. The number of pyridine rings is 1. The maximum Gasteiger partial charge on any atom is 0.252 e. The smallest absolute Gasteiger partial charge is 0.252 e. The third kappa shape index (κ3) is 3.16. The van der Waals surface area contributed by atoms with Crippen molar-refractivity contribution in [2.45, 2.75) is 19.5 Å². The Morgan fingerprint density at radius 1 is 1.38 bits per heavy atom. The maximum absolute atomic E-state index is 12.4. The van der Waals surface area contributed by atoms with Crippen LogP contribution in [0.2, 0.25) is 5.02 Å². The number of aromatic nitrogens is 1. The van der Waals surface area contributed by atoms with E-state index in [0.29, 0.717) is 17.3 Å². The molecular formula is C17H18ClN3O2S. The monoisotopic (exact) mass is 363 g/mol. The average Bonchev–Trinajstić information content (AvgIpc) is 2.57. The van der Waals surface area contributed by atoms with Crippen molar-refractivity contribution in [1.82, 2.24) is 4.57 Å². The number of anilines is 1. The second-order valence-electron chi connectivity index (χ2n) is 5.47. The molecule has 1 aliphatic rings. The molecule has 0 bridgehead atoms. The fourth-order valence-corrected chi connectivity index (χ4v) is 3.45. The lowest BCUT2D eigenvalue weighted by atomic mass is 10.1. The molecule has 1 aromatic carbocycles. The topological polar surface area (TPSA) is 55.6 Å². The van der Waals surface area contributed by atoms with Crippen LogP contribution < -0.4 is 15.6 Å². The fourth-order valence-electron chi connectivity index (χ4n) is 2.70. The molecule has 1 aromatic heterocycles. The standard InChI is InChI=1S/C17H18ClN3O2S/c1-10-12-5-7-15(22)21(16(12)20-17(19-10)24-3)9-11-4-6-14(23-2)13(18)8-11/h4-8,10H,9H2,1-3H3,(H,19,20). The van der Waals surface area contributed by atoms with Gasteiger partial charge < -0.3 is 10.1 Å². The second kappa shape index (κ2) is 6.91. The number of methoxy groups -OCH3 is 1. The number of halogens is 1. The Balaban J connectivity index is 2.02. The summed E-state index contributed by atoms with van der Waals surface area (Å²) in [6, 6.07) is 8.97. The van der Waals surface area contributed by atoms with Crippen LogP contribution in [0.4, 0.5) is 5.82 Å². The number of rotatable bonds is 3. The largest absolute Gasteiger partial charge is 0.495 e. The lowest BCUT2D eigenvalue weighted by Crippen LogP contribution is -2.29. The molecule has 24 heavy (non-hydrogen) atoms. The zero-order valence-corrected chi connectivity index (χ0v) is 15.2. The molecule has 1 unspecified atom stereocenters. The normalized spacial score (nSPS) is 16.2. The van der Waals surface area contributed by atoms with Crippen LogP contribution in [-0.4, -0.2) is 23.1 Å². The molecule has 0 saturated heterocycles. The third-order valence-electron chi connectivity index (χ3n) is 3.95. The van der Waals surface area contributed by atoms with Crippen LogP contribution in [0.5, 0.6) is 5.75 Å². The molecule has 0 spiro atoms. The molecule has 0 radical (unpaired) electrons. The molecule has 7 heteroatoms. The SMILES string of the molecule is COc1ccc(Cn2c3c(ccc2=O)C(C)N=C(SC)N3)cc1Cl. The predicted octanol–water partition coefficient (Wildman–Crippen LogP) is 3.76. The van der Waals surface area contributed by atoms with Crippen molar-refractivity contribution in [3.05, 3.63) is 56.8 Å². The first-order chi connectivity index (χ1) is 11.5. The summed E-state index contributed by atoms with van der Waals surface area (Å²) in [6.07, 6.45) is 1.96. The maximum atomic E-state index is 12.4. The van der Waals surface area contributed by atoms with Gasteiger partial charge in [-0.2, -0.15) is 0 Å². The lowest BCUT2D eigenvalue weighted by Gasteiger charge is -2.25. The van der Waals surface area contributed by atoms with Gasteiger partial charge in [0.25, 0.3) is 5.56 Å². The number of nitrogens with zero attached hydrogens (tertiary/aromatic N) is 2. The molecule has 0 aliphatic carbocycles. The Hall–Kier alpha value is -1.92. The number of ether oxygens (including phenoxy) is 1. The van der Waals surface area contributed by atoms with E-state index in [2.05, 4.69) is 10.3 Å². The van der Waals surface area contributed by atoms with E-state index in [1.165, 1.54) is 11.8 Å². The van der Waals surface area contributed by atoms with Gasteiger partial charge in [0.1, 0.15) is 11.6 Å². The Morgan fingerprint density at radius 2 is 2.17 bits per heavy atom. The van der Waals surface area contributed by atoms with Crippen LogP contribution in [0.15, 0.2) is 40.1 Å². The van der Waals surface area contributed by atoms with Gasteiger partial charge >= 0.3 is 0 Å². The molecule has 5 nitrogen and oxygen atoms in total. The second-order valence-corrected chi connectivity index (χ2v) is 6.67. The van der Waals surface area contributed by atoms with Gasteiger partial charge in [-0.1, -0.05) is 29.4 Å². The van der Waals surface area contributed by atoms with Crippen molar-refractivity contribution in [3.8, 4) is 5.75 Å². The number of benzene rings is 1. The van der Waals surface area contributed by atoms with E-state index in [9.17, 15) is 4.79 Å². The fraction of sp³-hybridized carbons (Fsp3) is 0.294. The van der Waals surface area contributed by atoms with Crippen molar-refractivity contribution >= 4 is 34.3 Å². The summed E-state index contributed by atoms with van der Waals surface area (Å²) >= 11 is 7.72. The van der Waals surface area contributed by atoms with Gasteiger partial charge in [-0.05, 0) is 36.9 Å². The quantitative estimate of drug-likeness (QED) is 0.902. The highest BCUT2D eigenvalue weighted by Gasteiger charge is 2.21. The first-order valence-corrected chi connectivity index (χ1v) is 9.08. The van der Waals surface area contributed by atoms with Crippen LogP contribution in [0.25, 0.3) is 0 Å². The predicted molar refractivity (Wildman–Crippen MR) is 101 cm³/mol. The van der Waals surface area contributed by atoms with Crippen LogP contribution in [-0.2, 0) is 6.54 Å². The zero-order chi connectivity index (χ0) is 17.3. The number of fused-ring (bicyclic) bond motifs is 1. The van der Waals surface area contributed by atoms with Gasteiger partial charge in [-0.25, -0.2) is 0 Å².